The van der Waals surface area contributed by atoms with Crippen LogP contribution in [0.1, 0.15) is 50.7 Å². The van der Waals surface area contributed by atoms with Crippen molar-refractivity contribution in [2.75, 3.05) is 5.32 Å². The largest absolute Gasteiger partial charge is 0.352 e. The zero-order valence-corrected chi connectivity index (χ0v) is 13.8. The Morgan fingerprint density at radius 1 is 1.33 bits per heavy atom. The summed E-state index contributed by atoms with van der Waals surface area (Å²) in [5.74, 6) is 0.824. The molecule has 2 N–H and O–H groups in total. The van der Waals surface area contributed by atoms with Crippen molar-refractivity contribution in [2.45, 2.75) is 39.3 Å². The standard InChI is InChI=1S/C16H18N2OS2/c1-8-3-4-10-11(7-8)21-16-12(10)15(19)17-14(18-16)13-9(2)5-6-20-13/h5-6,8,14,18H,3-4,7H2,1-2H3,(H,17,19). The van der Waals surface area contributed by atoms with Crippen molar-refractivity contribution in [3.63, 3.8) is 0 Å². The molecule has 3 heterocycles. The molecule has 4 rings (SSSR count). The molecular formula is C16H18N2OS2. The zero-order valence-electron chi connectivity index (χ0n) is 12.2. The molecule has 3 nitrogen and oxygen atoms in total. The smallest absolute Gasteiger partial charge is 0.256 e. The monoisotopic (exact) mass is 318 g/mol. The van der Waals surface area contributed by atoms with E-state index in [1.54, 1.807) is 22.7 Å². The van der Waals surface area contributed by atoms with Crippen LogP contribution in [-0.4, -0.2) is 5.91 Å². The van der Waals surface area contributed by atoms with E-state index in [9.17, 15) is 4.79 Å². The van der Waals surface area contributed by atoms with Crippen molar-refractivity contribution >= 4 is 33.6 Å². The average Bonchev–Trinajstić information content (AvgIpc) is 3.01. The number of nitrogens with one attached hydrogen (secondary N) is 2. The van der Waals surface area contributed by atoms with E-state index in [1.165, 1.54) is 27.3 Å². The van der Waals surface area contributed by atoms with Gasteiger partial charge in [0.15, 0.2) is 0 Å². The number of aryl methyl sites for hydroxylation is 1. The number of fused-ring (bicyclic) bond motifs is 3. The summed E-state index contributed by atoms with van der Waals surface area (Å²) in [7, 11) is 0. The molecule has 0 saturated carbocycles. The predicted octanol–water partition coefficient (Wildman–Crippen LogP) is 4.10. The predicted molar refractivity (Wildman–Crippen MR) is 88.4 cm³/mol. The van der Waals surface area contributed by atoms with Crippen LogP contribution < -0.4 is 10.6 Å². The van der Waals surface area contributed by atoms with Gasteiger partial charge in [-0.05, 0) is 54.7 Å². The fourth-order valence-corrected chi connectivity index (χ4v) is 5.64. The molecule has 0 fully saturated rings. The summed E-state index contributed by atoms with van der Waals surface area (Å²) in [5.41, 5.74) is 3.43. The van der Waals surface area contributed by atoms with E-state index in [1.807, 2.05) is 0 Å². The highest BCUT2D eigenvalue weighted by molar-refractivity contribution is 7.16. The Morgan fingerprint density at radius 3 is 2.95 bits per heavy atom. The third-order valence-electron chi connectivity index (χ3n) is 4.45. The minimum absolute atomic E-state index is 0.0810. The third-order valence-corrected chi connectivity index (χ3v) is 6.72. The molecule has 1 aliphatic carbocycles. The summed E-state index contributed by atoms with van der Waals surface area (Å²) >= 11 is 3.48. The molecule has 2 aliphatic rings. The second-order valence-corrected chi connectivity index (χ2v) is 8.13. The second kappa shape index (κ2) is 4.85. The van der Waals surface area contributed by atoms with Gasteiger partial charge >= 0.3 is 0 Å². The second-order valence-electron chi connectivity index (χ2n) is 6.07. The van der Waals surface area contributed by atoms with Gasteiger partial charge in [-0.2, -0.15) is 0 Å². The van der Waals surface area contributed by atoms with E-state index in [-0.39, 0.29) is 12.1 Å². The van der Waals surface area contributed by atoms with Gasteiger partial charge in [0, 0.05) is 9.75 Å². The number of anilines is 1. The van der Waals surface area contributed by atoms with Gasteiger partial charge in [-0.1, -0.05) is 6.92 Å². The summed E-state index contributed by atoms with van der Waals surface area (Å²) < 4.78 is 0. The van der Waals surface area contributed by atoms with E-state index >= 15 is 0 Å². The Kier molecular flexibility index (Phi) is 3.08. The molecule has 1 amide bonds. The highest BCUT2D eigenvalue weighted by atomic mass is 32.1. The minimum Gasteiger partial charge on any atom is -0.352 e. The molecule has 2 atom stereocenters. The molecule has 0 radical (unpaired) electrons. The highest BCUT2D eigenvalue weighted by Crippen LogP contribution is 2.43. The molecule has 2 unspecified atom stereocenters. The SMILES string of the molecule is Cc1ccsc1C1NC(=O)c2c(sc3c2CCC(C)C3)N1. The van der Waals surface area contributed by atoms with Gasteiger partial charge < -0.3 is 10.6 Å². The van der Waals surface area contributed by atoms with Crippen LogP contribution in [0.5, 0.6) is 0 Å². The normalized spacial score (nSPS) is 24.0. The van der Waals surface area contributed by atoms with Crippen LogP contribution in [0, 0.1) is 12.8 Å². The number of carbonyl (C=O) groups excluding carboxylic acids is 1. The molecule has 0 bridgehead atoms. The van der Waals surface area contributed by atoms with Crippen LogP contribution in [0.4, 0.5) is 5.00 Å². The summed E-state index contributed by atoms with van der Waals surface area (Å²) in [6, 6.07) is 2.10. The Bertz CT molecular complexity index is 716. The molecule has 110 valence electrons. The van der Waals surface area contributed by atoms with Crippen molar-refractivity contribution in [1.29, 1.82) is 0 Å². The fourth-order valence-electron chi connectivity index (χ4n) is 3.27. The van der Waals surface area contributed by atoms with Crippen LogP contribution in [0.25, 0.3) is 0 Å². The van der Waals surface area contributed by atoms with Crippen molar-refractivity contribution in [1.82, 2.24) is 5.32 Å². The number of hydrogen-bond acceptors (Lipinski definition) is 4. The lowest BCUT2D eigenvalue weighted by Gasteiger charge is -2.26. The molecule has 5 heteroatoms. The van der Waals surface area contributed by atoms with E-state index in [4.69, 9.17) is 0 Å². The lowest BCUT2D eigenvalue weighted by Crippen LogP contribution is -2.38. The van der Waals surface area contributed by atoms with Crippen LogP contribution >= 0.6 is 22.7 Å². The van der Waals surface area contributed by atoms with Crippen molar-refractivity contribution in [3.8, 4) is 0 Å². The first-order valence-corrected chi connectivity index (χ1v) is 9.09. The summed E-state index contributed by atoms with van der Waals surface area (Å²) in [4.78, 5) is 15.2. The number of carbonyl (C=O) groups is 1. The quantitative estimate of drug-likeness (QED) is 0.831. The van der Waals surface area contributed by atoms with Gasteiger partial charge in [-0.25, -0.2) is 0 Å². The summed E-state index contributed by atoms with van der Waals surface area (Å²) in [5, 5.41) is 9.81. The van der Waals surface area contributed by atoms with E-state index < -0.39 is 0 Å². The molecule has 1 aliphatic heterocycles. The number of rotatable bonds is 1. The first-order chi connectivity index (χ1) is 10.1. The number of amides is 1. The minimum atomic E-state index is -0.0810. The highest BCUT2D eigenvalue weighted by Gasteiger charge is 2.33. The summed E-state index contributed by atoms with van der Waals surface area (Å²) in [6.07, 6.45) is 3.27. The Balaban J connectivity index is 1.73. The lowest BCUT2D eigenvalue weighted by molar-refractivity contribution is 0.0935. The van der Waals surface area contributed by atoms with Crippen LogP contribution in [0.2, 0.25) is 0 Å². The fraction of sp³-hybridized carbons (Fsp3) is 0.438. The maximum Gasteiger partial charge on any atom is 0.256 e. The van der Waals surface area contributed by atoms with E-state index in [0.717, 1.165) is 29.3 Å². The molecular weight excluding hydrogens is 300 g/mol. The van der Waals surface area contributed by atoms with Gasteiger partial charge in [0.05, 0.1) is 5.56 Å². The van der Waals surface area contributed by atoms with Crippen LogP contribution in [-0.2, 0) is 12.8 Å². The molecule has 21 heavy (non-hydrogen) atoms. The van der Waals surface area contributed by atoms with Gasteiger partial charge in [-0.3, -0.25) is 4.79 Å². The van der Waals surface area contributed by atoms with Gasteiger partial charge in [0.1, 0.15) is 11.2 Å². The first kappa shape index (κ1) is 13.3. The third kappa shape index (κ3) is 2.10. The molecule has 2 aromatic heterocycles. The first-order valence-electron chi connectivity index (χ1n) is 7.39. The van der Waals surface area contributed by atoms with Gasteiger partial charge in [-0.15, -0.1) is 22.7 Å². The Labute approximate surface area is 132 Å². The van der Waals surface area contributed by atoms with Gasteiger partial charge in [0.25, 0.3) is 5.91 Å². The zero-order chi connectivity index (χ0) is 14.6. The molecule has 0 saturated heterocycles. The topological polar surface area (TPSA) is 41.1 Å². The number of hydrogen-bond donors (Lipinski definition) is 2. The molecule has 0 spiro atoms. The Morgan fingerprint density at radius 2 is 2.19 bits per heavy atom. The van der Waals surface area contributed by atoms with Gasteiger partial charge in [0.2, 0.25) is 0 Å². The lowest BCUT2D eigenvalue weighted by atomic mass is 9.88. The Hall–Kier alpha value is -1.33. The molecule has 2 aromatic rings. The van der Waals surface area contributed by atoms with Crippen molar-refractivity contribution in [3.05, 3.63) is 37.9 Å². The summed E-state index contributed by atoms with van der Waals surface area (Å²) in [6.45, 7) is 4.39. The maximum atomic E-state index is 12.6. The van der Waals surface area contributed by atoms with E-state index in [2.05, 4.69) is 35.9 Å². The maximum absolute atomic E-state index is 12.6. The van der Waals surface area contributed by atoms with Crippen LogP contribution in [0.15, 0.2) is 11.4 Å². The average molecular weight is 318 g/mol. The van der Waals surface area contributed by atoms with Crippen LogP contribution in [0.3, 0.4) is 0 Å². The number of thiophene rings is 2. The molecule has 0 aromatic carbocycles. The van der Waals surface area contributed by atoms with Crippen molar-refractivity contribution < 1.29 is 4.79 Å². The van der Waals surface area contributed by atoms with Crippen molar-refractivity contribution in [2.24, 2.45) is 5.92 Å². The van der Waals surface area contributed by atoms with E-state index in [0.29, 0.717) is 0 Å².